The van der Waals surface area contributed by atoms with Gasteiger partial charge in [0.2, 0.25) is 11.8 Å². The molecule has 140 valence electrons. The van der Waals surface area contributed by atoms with Crippen LogP contribution in [-0.2, 0) is 15.0 Å². The highest BCUT2D eigenvalue weighted by Crippen LogP contribution is 2.55. The first kappa shape index (κ1) is 17.4. The van der Waals surface area contributed by atoms with E-state index in [2.05, 4.69) is 5.32 Å². The zero-order valence-electron chi connectivity index (χ0n) is 15.6. The van der Waals surface area contributed by atoms with E-state index in [-0.39, 0.29) is 11.8 Å². The van der Waals surface area contributed by atoms with Crippen molar-refractivity contribution in [3.8, 4) is 11.5 Å². The number of fused-ring (bicyclic) bond motifs is 2. The van der Waals surface area contributed by atoms with E-state index in [1.165, 1.54) is 0 Å². The third kappa shape index (κ3) is 2.40. The molecule has 2 atom stereocenters. The Bertz CT molecular complexity index is 926. The maximum absolute atomic E-state index is 13.2. The van der Waals surface area contributed by atoms with Gasteiger partial charge in [0.25, 0.3) is 0 Å². The molecule has 1 saturated heterocycles. The zero-order chi connectivity index (χ0) is 19.2. The average molecular weight is 366 g/mol. The number of benzene rings is 2. The summed E-state index contributed by atoms with van der Waals surface area (Å²) in [6, 6.07) is 12.9. The van der Waals surface area contributed by atoms with Crippen molar-refractivity contribution in [1.82, 2.24) is 4.90 Å². The van der Waals surface area contributed by atoms with Crippen molar-refractivity contribution in [1.29, 1.82) is 0 Å². The Labute approximate surface area is 158 Å². The molecule has 1 fully saturated rings. The van der Waals surface area contributed by atoms with Crippen molar-refractivity contribution in [2.24, 2.45) is 0 Å². The summed E-state index contributed by atoms with van der Waals surface area (Å²) in [5.74, 6) is 1.07. The van der Waals surface area contributed by atoms with Crippen LogP contribution in [0.4, 0.5) is 5.69 Å². The predicted molar refractivity (Wildman–Crippen MR) is 101 cm³/mol. The van der Waals surface area contributed by atoms with Crippen molar-refractivity contribution >= 4 is 17.5 Å². The molecule has 27 heavy (non-hydrogen) atoms. The number of amides is 2. The molecule has 0 aliphatic carbocycles. The van der Waals surface area contributed by atoms with Crippen LogP contribution in [0.5, 0.6) is 11.5 Å². The Morgan fingerprint density at radius 2 is 1.89 bits per heavy atom. The molecule has 0 bridgehead atoms. The van der Waals surface area contributed by atoms with Crippen LogP contribution in [-0.4, -0.2) is 37.5 Å². The average Bonchev–Trinajstić information content (AvgIpc) is 3.21. The van der Waals surface area contributed by atoms with Gasteiger partial charge < -0.3 is 19.7 Å². The van der Waals surface area contributed by atoms with Crippen LogP contribution in [0.25, 0.3) is 0 Å². The predicted octanol–water partition coefficient (Wildman–Crippen LogP) is 2.89. The number of nitrogens with one attached hydrogen (secondary N) is 1. The molecule has 6 heteroatoms. The maximum Gasteiger partial charge on any atom is 0.237 e. The molecule has 2 amide bonds. The van der Waals surface area contributed by atoms with Crippen molar-refractivity contribution in [3.63, 3.8) is 0 Å². The highest BCUT2D eigenvalue weighted by atomic mass is 16.5. The van der Waals surface area contributed by atoms with Crippen LogP contribution in [0, 0.1) is 0 Å². The van der Waals surface area contributed by atoms with Gasteiger partial charge in [-0.05, 0) is 35.7 Å². The lowest BCUT2D eigenvalue weighted by Crippen LogP contribution is -2.42. The Balaban J connectivity index is 1.92. The summed E-state index contributed by atoms with van der Waals surface area (Å²) in [4.78, 5) is 27.4. The first-order valence-electron chi connectivity index (χ1n) is 8.93. The zero-order valence-corrected chi connectivity index (χ0v) is 15.6. The molecule has 1 N–H and O–H groups in total. The highest BCUT2D eigenvalue weighted by molar-refractivity contribution is 6.07. The first-order chi connectivity index (χ1) is 13.0. The maximum atomic E-state index is 13.2. The SMILES string of the molecule is COc1ccc(C2N(C(C)=O)CCC23C(=O)Nc2ccccc23)cc1OC. The molecule has 2 unspecified atom stereocenters. The number of carbonyl (C=O) groups excluding carboxylic acids is 2. The van der Waals surface area contributed by atoms with Crippen molar-refractivity contribution in [3.05, 3.63) is 53.6 Å². The van der Waals surface area contributed by atoms with E-state index in [0.717, 1.165) is 16.8 Å². The number of likely N-dealkylation sites (tertiary alicyclic amines) is 1. The fourth-order valence-corrected chi connectivity index (χ4v) is 4.51. The molecule has 2 aliphatic heterocycles. The largest absolute Gasteiger partial charge is 0.493 e. The second-order valence-electron chi connectivity index (χ2n) is 6.95. The van der Waals surface area contributed by atoms with Crippen LogP contribution in [0.15, 0.2) is 42.5 Å². The quantitative estimate of drug-likeness (QED) is 0.907. The van der Waals surface area contributed by atoms with E-state index in [1.807, 2.05) is 42.5 Å². The van der Waals surface area contributed by atoms with Crippen LogP contribution in [0.3, 0.4) is 0 Å². The molecule has 2 aromatic carbocycles. The van der Waals surface area contributed by atoms with Gasteiger partial charge in [0.15, 0.2) is 11.5 Å². The van der Waals surface area contributed by atoms with Gasteiger partial charge in [-0.2, -0.15) is 0 Å². The van der Waals surface area contributed by atoms with E-state index in [1.54, 1.807) is 26.0 Å². The first-order valence-corrected chi connectivity index (χ1v) is 8.93. The van der Waals surface area contributed by atoms with Crippen molar-refractivity contribution < 1.29 is 19.1 Å². The number of hydrogen-bond acceptors (Lipinski definition) is 4. The second kappa shape index (κ2) is 6.30. The Morgan fingerprint density at radius 3 is 2.59 bits per heavy atom. The Hall–Kier alpha value is -3.02. The van der Waals surface area contributed by atoms with Gasteiger partial charge in [0, 0.05) is 19.2 Å². The van der Waals surface area contributed by atoms with Gasteiger partial charge in [-0.25, -0.2) is 0 Å². The molecule has 0 saturated carbocycles. The smallest absolute Gasteiger partial charge is 0.237 e. The topological polar surface area (TPSA) is 67.9 Å². The lowest BCUT2D eigenvalue weighted by molar-refractivity contribution is -0.131. The normalized spacial score (nSPS) is 23.3. The molecule has 0 aromatic heterocycles. The van der Waals surface area contributed by atoms with Gasteiger partial charge >= 0.3 is 0 Å². The minimum atomic E-state index is -0.804. The summed E-state index contributed by atoms with van der Waals surface area (Å²) in [7, 11) is 3.16. The Kier molecular flexibility index (Phi) is 4.06. The molecule has 1 spiro atoms. The van der Waals surface area contributed by atoms with Crippen LogP contribution >= 0.6 is 0 Å². The van der Waals surface area contributed by atoms with Crippen LogP contribution < -0.4 is 14.8 Å². The number of para-hydroxylation sites is 1. The second-order valence-corrected chi connectivity index (χ2v) is 6.95. The monoisotopic (exact) mass is 366 g/mol. The molecular weight excluding hydrogens is 344 g/mol. The number of nitrogens with zero attached hydrogens (tertiary/aromatic N) is 1. The van der Waals surface area contributed by atoms with Gasteiger partial charge in [0.05, 0.1) is 20.3 Å². The van der Waals surface area contributed by atoms with Gasteiger partial charge in [-0.15, -0.1) is 0 Å². The van der Waals surface area contributed by atoms with Gasteiger partial charge in [-0.1, -0.05) is 24.3 Å². The van der Waals surface area contributed by atoms with Crippen molar-refractivity contribution in [2.45, 2.75) is 24.8 Å². The number of carbonyl (C=O) groups is 2. The van der Waals surface area contributed by atoms with Gasteiger partial charge in [-0.3, -0.25) is 9.59 Å². The Morgan fingerprint density at radius 1 is 1.15 bits per heavy atom. The summed E-state index contributed by atoms with van der Waals surface area (Å²) in [6.45, 7) is 2.07. The fourth-order valence-electron chi connectivity index (χ4n) is 4.51. The molecule has 2 heterocycles. The molecule has 2 aromatic rings. The number of ether oxygens (including phenoxy) is 2. The lowest BCUT2D eigenvalue weighted by Gasteiger charge is -2.34. The lowest BCUT2D eigenvalue weighted by atomic mass is 9.72. The molecule has 6 nitrogen and oxygen atoms in total. The number of methoxy groups -OCH3 is 2. The standard InChI is InChI=1S/C21H22N2O4/c1-13(24)23-11-10-21(15-6-4-5-7-16(15)22-20(21)25)19(23)14-8-9-17(26-2)18(12-14)27-3/h4-9,12,19H,10-11H2,1-3H3,(H,22,25). The van der Waals surface area contributed by atoms with Crippen LogP contribution in [0.2, 0.25) is 0 Å². The third-order valence-corrected chi connectivity index (χ3v) is 5.71. The summed E-state index contributed by atoms with van der Waals surface area (Å²) in [5.41, 5.74) is 1.81. The van der Waals surface area contributed by atoms with Gasteiger partial charge in [0.1, 0.15) is 5.41 Å². The van der Waals surface area contributed by atoms with Crippen molar-refractivity contribution in [2.75, 3.05) is 26.1 Å². The molecular formula is C21H22N2O4. The molecule has 2 aliphatic rings. The van der Waals surface area contributed by atoms with E-state index >= 15 is 0 Å². The third-order valence-electron chi connectivity index (χ3n) is 5.71. The van der Waals surface area contributed by atoms with E-state index < -0.39 is 11.5 Å². The number of hydrogen-bond donors (Lipinski definition) is 1. The number of anilines is 1. The summed E-state index contributed by atoms with van der Waals surface area (Å²) in [5, 5.41) is 3.01. The fraction of sp³-hybridized carbons (Fsp3) is 0.333. The summed E-state index contributed by atoms with van der Waals surface area (Å²) < 4.78 is 10.8. The summed E-state index contributed by atoms with van der Waals surface area (Å²) in [6.07, 6.45) is 0.578. The van der Waals surface area contributed by atoms with E-state index in [9.17, 15) is 9.59 Å². The highest BCUT2D eigenvalue weighted by Gasteiger charge is 2.59. The molecule has 4 rings (SSSR count). The minimum Gasteiger partial charge on any atom is -0.493 e. The number of rotatable bonds is 3. The summed E-state index contributed by atoms with van der Waals surface area (Å²) >= 11 is 0. The van der Waals surface area contributed by atoms with E-state index in [4.69, 9.17) is 9.47 Å². The minimum absolute atomic E-state index is 0.0520. The van der Waals surface area contributed by atoms with Crippen LogP contribution in [0.1, 0.15) is 30.5 Å². The molecule has 0 radical (unpaired) electrons. The van der Waals surface area contributed by atoms with E-state index in [0.29, 0.717) is 24.5 Å².